The second-order valence-electron chi connectivity index (χ2n) is 6.58. The molecule has 0 radical (unpaired) electrons. The third kappa shape index (κ3) is 4.39. The van der Waals surface area contributed by atoms with Crippen LogP contribution >= 0.6 is 11.3 Å². The molecule has 0 bridgehead atoms. The summed E-state index contributed by atoms with van der Waals surface area (Å²) >= 11 is 1.30. The molecule has 0 fully saturated rings. The average Bonchev–Trinajstić information content (AvgIpc) is 3.31. The van der Waals surface area contributed by atoms with Crippen molar-refractivity contribution in [3.8, 4) is 28.6 Å². The van der Waals surface area contributed by atoms with Gasteiger partial charge in [0.05, 0.1) is 24.4 Å². The predicted molar refractivity (Wildman–Crippen MR) is 121 cm³/mol. The van der Waals surface area contributed by atoms with Crippen molar-refractivity contribution in [1.29, 1.82) is 0 Å². The number of aromatic nitrogens is 3. The van der Waals surface area contributed by atoms with Crippen molar-refractivity contribution >= 4 is 22.4 Å². The lowest BCUT2D eigenvalue weighted by molar-refractivity contribution is 0.287. The Bertz CT molecular complexity index is 1300. The summed E-state index contributed by atoms with van der Waals surface area (Å²) in [5.74, 6) is 2.64. The standard InChI is InChI=1S/C23H23N3O4S/c1-4-28-17-10-8-16(9-11-17)21-24-23-26(25-21)22(27)20(31-23)14-15-7-12-18(29-5-2)19(13-15)30-6-3/h7-14H,4-6H2,1-3H3/b20-14-. The fraction of sp³-hybridized carbons (Fsp3) is 0.261. The summed E-state index contributed by atoms with van der Waals surface area (Å²) in [4.78, 5) is 17.9. The highest BCUT2D eigenvalue weighted by Gasteiger charge is 2.13. The van der Waals surface area contributed by atoms with E-state index in [0.29, 0.717) is 46.6 Å². The number of thiazole rings is 1. The lowest BCUT2D eigenvalue weighted by Crippen LogP contribution is -2.23. The van der Waals surface area contributed by atoms with Gasteiger partial charge in [-0.3, -0.25) is 4.79 Å². The van der Waals surface area contributed by atoms with Gasteiger partial charge < -0.3 is 14.2 Å². The second kappa shape index (κ2) is 9.18. The van der Waals surface area contributed by atoms with Crippen molar-refractivity contribution in [1.82, 2.24) is 14.6 Å². The number of fused-ring (bicyclic) bond motifs is 1. The van der Waals surface area contributed by atoms with Crippen LogP contribution in [0.3, 0.4) is 0 Å². The Kier molecular flexibility index (Phi) is 6.18. The molecule has 0 aliphatic rings. The Morgan fingerprint density at radius 3 is 2.32 bits per heavy atom. The average molecular weight is 438 g/mol. The summed E-state index contributed by atoms with van der Waals surface area (Å²) in [5, 5.41) is 4.40. The Morgan fingerprint density at radius 2 is 1.65 bits per heavy atom. The molecule has 0 aliphatic carbocycles. The SMILES string of the molecule is CCOc1ccc(-c2nc3s/c(=C\c4ccc(OCC)c(OCC)c4)c(=O)n3n2)cc1. The van der Waals surface area contributed by atoms with Crippen LogP contribution in [0.15, 0.2) is 47.3 Å². The highest BCUT2D eigenvalue weighted by molar-refractivity contribution is 7.15. The molecule has 2 aromatic heterocycles. The lowest BCUT2D eigenvalue weighted by Gasteiger charge is -2.11. The van der Waals surface area contributed by atoms with Gasteiger partial charge >= 0.3 is 0 Å². The van der Waals surface area contributed by atoms with Crippen LogP contribution in [-0.4, -0.2) is 34.4 Å². The number of hydrogen-bond donors (Lipinski definition) is 0. The van der Waals surface area contributed by atoms with E-state index in [1.54, 1.807) is 0 Å². The van der Waals surface area contributed by atoms with Crippen LogP contribution in [0.4, 0.5) is 0 Å². The lowest BCUT2D eigenvalue weighted by atomic mass is 10.2. The van der Waals surface area contributed by atoms with Crippen LogP contribution in [0.25, 0.3) is 22.4 Å². The van der Waals surface area contributed by atoms with Gasteiger partial charge in [-0.25, -0.2) is 0 Å². The molecule has 2 heterocycles. The van der Waals surface area contributed by atoms with Crippen LogP contribution in [0.2, 0.25) is 0 Å². The first-order chi connectivity index (χ1) is 15.1. The van der Waals surface area contributed by atoms with Crippen LogP contribution in [0, 0.1) is 0 Å². The maximum absolute atomic E-state index is 12.9. The van der Waals surface area contributed by atoms with Gasteiger partial charge in [-0.2, -0.15) is 9.50 Å². The van der Waals surface area contributed by atoms with Crippen molar-refractivity contribution in [2.24, 2.45) is 0 Å². The molecule has 0 spiro atoms. The normalized spacial score (nSPS) is 11.8. The van der Waals surface area contributed by atoms with Crippen molar-refractivity contribution in [3.63, 3.8) is 0 Å². The van der Waals surface area contributed by atoms with E-state index in [0.717, 1.165) is 16.9 Å². The van der Waals surface area contributed by atoms with Crippen molar-refractivity contribution in [2.45, 2.75) is 20.8 Å². The summed E-state index contributed by atoms with van der Waals surface area (Å²) in [6.07, 6.45) is 1.82. The molecule has 2 aromatic carbocycles. The molecule has 0 aliphatic heterocycles. The van der Waals surface area contributed by atoms with Gasteiger partial charge in [0.2, 0.25) is 4.96 Å². The Balaban J connectivity index is 1.67. The monoisotopic (exact) mass is 437 g/mol. The molecular weight excluding hydrogens is 414 g/mol. The van der Waals surface area contributed by atoms with Gasteiger partial charge in [0.25, 0.3) is 5.56 Å². The minimum absolute atomic E-state index is 0.198. The minimum Gasteiger partial charge on any atom is -0.494 e. The van der Waals surface area contributed by atoms with E-state index in [9.17, 15) is 4.79 Å². The molecule has 0 amide bonds. The van der Waals surface area contributed by atoms with E-state index in [1.165, 1.54) is 15.9 Å². The Labute approximate surface area is 183 Å². The maximum Gasteiger partial charge on any atom is 0.291 e. The Morgan fingerprint density at radius 1 is 0.935 bits per heavy atom. The van der Waals surface area contributed by atoms with E-state index in [4.69, 9.17) is 14.2 Å². The summed E-state index contributed by atoms with van der Waals surface area (Å²) in [5.41, 5.74) is 1.48. The fourth-order valence-corrected chi connectivity index (χ4v) is 4.04. The molecule has 31 heavy (non-hydrogen) atoms. The topological polar surface area (TPSA) is 75.0 Å². The molecule has 0 saturated heterocycles. The summed E-state index contributed by atoms with van der Waals surface area (Å²) in [6.45, 7) is 7.48. The van der Waals surface area contributed by atoms with Gasteiger partial charge in [0, 0.05) is 5.56 Å². The smallest absolute Gasteiger partial charge is 0.291 e. The van der Waals surface area contributed by atoms with Crippen LogP contribution in [-0.2, 0) is 0 Å². The predicted octanol–water partition coefficient (Wildman–Crippen LogP) is 3.56. The molecule has 4 rings (SSSR count). The minimum atomic E-state index is -0.198. The quantitative estimate of drug-likeness (QED) is 0.420. The van der Waals surface area contributed by atoms with Gasteiger partial charge in [0.15, 0.2) is 17.3 Å². The first kappa shape index (κ1) is 20.9. The van der Waals surface area contributed by atoms with E-state index in [2.05, 4.69) is 10.1 Å². The molecule has 0 saturated carbocycles. The van der Waals surface area contributed by atoms with Crippen molar-refractivity contribution < 1.29 is 14.2 Å². The zero-order valence-corrected chi connectivity index (χ0v) is 18.4. The van der Waals surface area contributed by atoms with E-state index >= 15 is 0 Å². The summed E-state index contributed by atoms with van der Waals surface area (Å²) in [6, 6.07) is 13.1. The van der Waals surface area contributed by atoms with Gasteiger partial charge in [-0.15, -0.1) is 5.10 Å². The molecule has 0 unspecified atom stereocenters. The van der Waals surface area contributed by atoms with Crippen LogP contribution in [0.5, 0.6) is 17.2 Å². The first-order valence-electron chi connectivity index (χ1n) is 10.2. The number of rotatable bonds is 8. The van der Waals surface area contributed by atoms with Crippen molar-refractivity contribution in [3.05, 3.63) is 62.9 Å². The molecule has 0 N–H and O–H groups in total. The molecule has 0 atom stereocenters. The molecule has 7 nitrogen and oxygen atoms in total. The highest BCUT2D eigenvalue weighted by Crippen LogP contribution is 2.29. The number of ether oxygens (including phenoxy) is 3. The summed E-state index contributed by atoms with van der Waals surface area (Å²) < 4.78 is 18.6. The maximum atomic E-state index is 12.9. The second-order valence-corrected chi connectivity index (χ2v) is 7.58. The third-order valence-corrected chi connectivity index (χ3v) is 5.43. The van der Waals surface area contributed by atoms with Crippen LogP contribution < -0.4 is 24.3 Å². The van der Waals surface area contributed by atoms with E-state index in [1.807, 2.05) is 69.3 Å². The van der Waals surface area contributed by atoms with Gasteiger partial charge in [-0.05, 0) is 68.8 Å². The third-order valence-electron chi connectivity index (χ3n) is 4.47. The van der Waals surface area contributed by atoms with E-state index < -0.39 is 0 Å². The number of nitrogens with zero attached hydrogens (tertiary/aromatic N) is 3. The van der Waals surface area contributed by atoms with Gasteiger partial charge in [0.1, 0.15) is 5.75 Å². The molecule has 8 heteroatoms. The fourth-order valence-electron chi connectivity index (χ4n) is 3.13. The largest absolute Gasteiger partial charge is 0.494 e. The molecule has 4 aromatic rings. The molecular formula is C23H23N3O4S. The Hall–Kier alpha value is -3.39. The highest BCUT2D eigenvalue weighted by atomic mass is 32.1. The van der Waals surface area contributed by atoms with E-state index in [-0.39, 0.29) is 5.56 Å². The molecule has 160 valence electrons. The van der Waals surface area contributed by atoms with Crippen molar-refractivity contribution in [2.75, 3.05) is 19.8 Å². The zero-order valence-electron chi connectivity index (χ0n) is 17.6. The number of benzene rings is 2. The zero-order chi connectivity index (χ0) is 21.8. The van der Waals surface area contributed by atoms with Crippen LogP contribution in [0.1, 0.15) is 26.3 Å². The number of hydrogen-bond acceptors (Lipinski definition) is 7. The first-order valence-corrected chi connectivity index (χ1v) is 11.0. The summed E-state index contributed by atoms with van der Waals surface area (Å²) in [7, 11) is 0. The van der Waals surface area contributed by atoms with Gasteiger partial charge in [-0.1, -0.05) is 17.4 Å².